The molecule has 0 radical (unpaired) electrons. The Morgan fingerprint density at radius 3 is 2.82 bits per heavy atom. The topological polar surface area (TPSA) is 77.6 Å². The molecule has 1 unspecified atom stereocenters. The Kier molecular flexibility index (Phi) is 6.23. The van der Waals surface area contributed by atoms with Gasteiger partial charge in [-0.1, -0.05) is 30.5 Å². The monoisotopic (exact) mass is 495 g/mol. The van der Waals surface area contributed by atoms with E-state index in [0.29, 0.717) is 28.6 Å². The first-order chi connectivity index (χ1) is 16.4. The van der Waals surface area contributed by atoms with Crippen molar-refractivity contribution < 1.29 is 13.9 Å². The van der Waals surface area contributed by atoms with E-state index in [1.165, 1.54) is 20.0 Å². The first-order valence-electron chi connectivity index (χ1n) is 11.1. The minimum Gasteiger partial charge on any atom is -0.465 e. The van der Waals surface area contributed by atoms with Gasteiger partial charge in [0.2, 0.25) is 0 Å². The second kappa shape index (κ2) is 9.31. The van der Waals surface area contributed by atoms with Gasteiger partial charge in [0, 0.05) is 68.9 Å². The second-order valence-corrected chi connectivity index (χ2v) is 9.99. The van der Waals surface area contributed by atoms with Gasteiger partial charge in [-0.3, -0.25) is 9.98 Å². The van der Waals surface area contributed by atoms with Crippen molar-refractivity contribution in [2.45, 2.75) is 31.6 Å². The Labute approximate surface area is 206 Å². The van der Waals surface area contributed by atoms with E-state index in [0.717, 1.165) is 45.9 Å². The van der Waals surface area contributed by atoms with Crippen molar-refractivity contribution in [1.82, 2.24) is 4.98 Å². The highest BCUT2D eigenvalue weighted by molar-refractivity contribution is 7.12. The van der Waals surface area contributed by atoms with Crippen LogP contribution in [0.1, 0.15) is 52.5 Å². The normalized spacial score (nSPS) is 16.2. The number of nitrogen functional groups attached to an aromatic ring is 1. The molecule has 2 N–H and O–H groups in total. The molecule has 5 rings (SSSR count). The maximum Gasteiger partial charge on any atom is 0.351 e. The molecule has 34 heavy (non-hydrogen) atoms. The fourth-order valence-corrected chi connectivity index (χ4v) is 5.34. The molecule has 1 atom stereocenters. The van der Waals surface area contributed by atoms with Gasteiger partial charge in [0.1, 0.15) is 4.88 Å². The Bertz CT molecular complexity index is 1310. The Morgan fingerprint density at radius 1 is 1.29 bits per heavy atom. The number of methoxy groups -OCH3 is 1. The van der Waals surface area contributed by atoms with Crippen molar-refractivity contribution in [1.29, 1.82) is 0 Å². The van der Waals surface area contributed by atoms with E-state index in [1.807, 2.05) is 24.4 Å². The van der Waals surface area contributed by atoms with Gasteiger partial charge in [-0.05, 0) is 42.2 Å². The number of pyridine rings is 1. The third-order valence-corrected chi connectivity index (χ3v) is 7.51. The van der Waals surface area contributed by atoms with Crippen LogP contribution in [0.3, 0.4) is 0 Å². The molecule has 0 bridgehead atoms. The summed E-state index contributed by atoms with van der Waals surface area (Å²) in [5.74, 6) is -0.496. The summed E-state index contributed by atoms with van der Waals surface area (Å²) in [6.07, 6.45) is 7.44. The van der Waals surface area contributed by atoms with Crippen LogP contribution < -0.4 is 5.73 Å². The number of nitrogens with two attached hydrogens (primary N) is 1. The zero-order chi connectivity index (χ0) is 23.8. The third-order valence-electron chi connectivity index (χ3n) is 6.34. The number of ether oxygens (including phenoxy) is 1. The maximum absolute atomic E-state index is 14.8. The first kappa shape index (κ1) is 22.7. The highest BCUT2D eigenvalue weighted by atomic mass is 35.5. The highest BCUT2D eigenvalue weighted by Gasteiger charge is 2.32. The van der Waals surface area contributed by atoms with Crippen LogP contribution >= 0.6 is 22.9 Å². The summed E-state index contributed by atoms with van der Waals surface area (Å²) in [6, 6.07) is 9.42. The van der Waals surface area contributed by atoms with Crippen LogP contribution in [0.2, 0.25) is 5.02 Å². The number of carbonyl (C=O) groups excluding carboxylic acids is 1. The molecule has 2 aliphatic rings. The number of esters is 1. The van der Waals surface area contributed by atoms with Gasteiger partial charge < -0.3 is 10.5 Å². The van der Waals surface area contributed by atoms with Gasteiger partial charge >= 0.3 is 5.97 Å². The molecule has 5 nitrogen and oxygen atoms in total. The number of carbonyl (C=O) groups is 1. The van der Waals surface area contributed by atoms with Crippen LogP contribution in [0.15, 0.2) is 53.1 Å². The number of benzene rings is 1. The van der Waals surface area contributed by atoms with Crippen molar-refractivity contribution in [3.8, 4) is 11.1 Å². The molecule has 2 aromatic heterocycles. The molecule has 0 amide bonds. The number of anilines is 1. The van der Waals surface area contributed by atoms with E-state index in [9.17, 15) is 9.18 Å². The lowest BCUT2D eigenvalue weighted by atomic mass is 9.88. The van der Waals surface area contributed by atoms with Gasteiger partial charge in [-0.25, -0.2) is 9.18 Å². The minimum absolute atomic E-state index is 0.0149. The molecule has 174 valence electrons. The van der Waals surface area contributed by atoms with Crippen LogP contribution in [0.5, 0.6) is 0 Å². The van der Waals surface area contributed by atoms with Crippen LogP contribution in [0.4, 0.5) is 10.1 Å². The molecule has 8 heteroatoms. The molecule has 0 saturated heterocycles. The number of nitrogens with zero attached hydrogens (tertiary/aromatic N) is 2. The smallest absolute Gasteiger partial charge is 0.351 e. The molecule has 3 aromatic rings. The standard InChI is InChI=1S/C26H23ClFN3O2S/c1-33-26(32)25-24(28)20(13-34-25)16-9-23(31-12-16)19(8-14-2-3-14)22-7-4-15(11-30-22)18-10-17(27)5-6-21(18)29/h4-7,10-14,19H,2-3,8-9,29H2,1H3. The number of aliphatic imine (C=N–C) groups is 1. The molecule has 3 heterocycles. The fraction of sp³-hybridized carbons (Fsp3) is 0.269. The molecule has 1 aliphatic heterocycles. The van der Waals surface area contributed by atoms with Crippen molar-refractivity contribution in [3.63, 3.8) is 0 Å². The van der Waals surface area contributed by atoms with Gasteiger partial charge in [0.05, 0.1) is 7.11 Å². The summed E-state index contributed by atoms with van der Waals surface area (Å²) in [5.41, 5.74) is 11.6. The predicted molar refractivity (Wildman–Crippen MR) is 135 cm³/mol. The second-order valence-electron chi connectivity index (χ2n) is 8.67. The first-order valence-corrected chi connectivity index (χ1v) is 12.3. The van der Waals surface area contributed by atoms with E-state index in [-0.39, 0.29) is 10.8 Å². The van der Waals surface area contributed by atoms with Gasteiger partial charge in [-0.15, -0.1) is 11.3 Å². The predicted octanol–water partition coefficient (Wildman–Crippen LogP) is 6.74. The molecule has 1 saturated carbocycles. The summed E-state index contributed by atoms with van der Waals surface area (Å²) < 4.78 is 19.5. The van der Waals surface area contributed by atoms with Crippen LogP contribution in [-0.2, 0) is 4.74 Å². The van der Waals surface area contributed by atoms with Crippen LogP contribution in [0.25, 0.3) is 16.7 Å². The number of rotatable bonds is 7. The lowest BCUT2D eigenvalue weighted by Crippen LogP contribution is -2.14. The zero-order valence-electron chi connectivity index (χ0n) is 18.6. The number of halogens is 2. The lowest BCUT2D eigenvalue weighted by Gasteiger charge is -2.18. The Hall–Kier alpha value is -3.03. The van der Waals surface area contributed by atoms with Crippen LogP contribution in [0, 0.1) is 11.7 Å². The summed E-state index contributed by atoms with van der Waals surface area (Å²) in [4.78, 5) is 21.2. The van der Waals surface area contributed by atoms with Crippen molar-refractivity contribution in [2.24, 2.45) is 10.9 Å². The summed E-state index contributed by atoms with van der Waals surface area (Å²) in [5, 5.41) is 2.28. The van der Waals surface area contributed by atoms with Crippen molar-refractivity contribution >= 4 is 45.9 Å². The third kappa shape index (κ3) is 4.50. The quantitative estimate of drug-likeness (QED) is 0.291. The van der Waals surface area contributed by atoms with Gasteiger partial charge in [0.15, 0.2) is 5.82 Å². The van der Waals surface area contributed by atoms with E-state index in [4.69, 9.17) is 22.3 Å². The molecule has 1 aliphatic carbocycles. The Morgan fingerprint density at radius 2 is 2.12 bits per heavy atom. The van der Waals surface area contributed by atoms with E-state index < -0.39 is 11.8 Å². The summed E-state index contributed by atoms with van der Waals surface area (Å²) in [6.45, 7) is 0. The number of thiophene rings is 1. The number of hydrogen-bond acceptors (Lipinski definition) is 6. The molecule has 1 fully saturated rings. The van der Waals surface area contributed by atoms with E-state index >= 15 is 0 Å². The van der Waals surface area contributed by atoms with Gasteiger partial charge in [0.25, 0.3) is 0 Å². The summed E-state index contributed by atoms with van der Waals surface area (Å²) in [7, 11) is 1.25. The molecule has 0 spiro atoms. The van der Waals surface area contributed by atoms with Gasteiger partial charge in [-0.2, -0.15) is 0 Å². The average Bonchev–Trinajstić information content (AvgIpc) is 3.40. The largest absolute Gasteiger partial charge is 0.465 e. The molecule has 1 aromatic carbocycles. The number of aromatic nitrogens is 1. The molecular formula is C26H23ClFN3O2S. The summed E-state index contributed by atoms with van der Waals surface area (Å²) >= 11 is 7.20. The Balaban J connectivity index is 1.38. The van der Waals surface area contributed by atoms with Crippen molar-refractivity contribution in [2.75, 3.05) is 12.8 Å². The van der Waals surface area contributed by atoms with Crippen molar-refractivity contribution in [3.05, 3.63) is 75.1 Å². The lowest BCUT2D eigenvalue weighted by molar-refractivity contribution is 0.0601. The molecular weight excluding hydrogens is 473 g/mol. The minimum atomic E-state index is -0.662. The number of hydrogen-bond donors (Lipinski definition) is 1. The highest BCUT2D eigenvalue weighted by Crippen LogP contribution is 2.42. The zero-order valence-corrected chi connectivity index (χ0v) is 20.1. The maximum atomic E-state index is 14.8. The average molecular weight is 496 g/mol. The fourth-order valence-electron chi connectivity index (χ4n) is 4.28. The van der Waals surface area contributed by atoms with E-state index in [2.05, 4.69) is 9.73 Å². The van der Waals surface area contributed by atoms with E-state index in [1.54, 1.807) is 23.7 Å². The number of allylic oxidation sites excluding steroid dienone is 1. The SMILES string of the molecule is COC(=O)c1scc(C2=CN=C(C(CC3CC3)c3ccc(-c4cc(Cl)ccc4N)cn3)C2)c1F. The van der Waals surface area contributed by atoms with Crippen LogP contribution in [-0.4, -0.2) is 23.8 Å².